The number of nitrogens with zero attached hydrogens (tertiary/aromatic N) is 1. The molecule has 0 saturated carbocycles. The van der Waals surface area contributed by atoms with Gasteiger partial charge in [-0.25, -0.2) is 0 Å². The number of halogens is 1. The predicted octanol–water partition coefficient (Wildman–Crippen LogP) is 6.03. The van der Waals surface area contributed by atoms with Gasteiger partial charge in [-0.2, -0.15) is 0 Å². The monoisotopic (exact) mass is 419 g/mol. The second-order valence-electron chi connectivity index (χ2n) is 8.46. The summed E-state index contributed by atoms with van der Waals surface area (Å²) in [7, 11) is 2.10. The molecule has 2 aromatic rings. The molecule has 1 N–H and O–H groups in total. The van der Waals surface area contributed by atoms with Gasteiger partial charge in [0.2, 0.25) is 0 Å². The van der Waals surface area contributed by atoms with Gasteiger partial charge < -0.3 is 15.9 Å². The molecule has 28 heavy (non-hydrogen) atoms. The van der Waals surface area contributed by atoms with Gasteiger partial charge in [0.15, 0.2) is 0 Å². The summed E-state index contributed by atoms with van der Waals surface area (Å²) in [5.41, 5.74) is 3.21. The molecule has 0 atom stereocenters. The van der Waals surface area contributed by atoms with Crippen molar-refractivity contribution in [2.45, 2.75) is 51.2 Å². The molecule has 0 saturated heterocycles. The van der Waals surface area contributed by atoms with E-state index in [1.807, 2.05) is 18.2 Å². The molecule has 1 aliphatic heterocycles. The molecular weight excluding hydrogens is 385 g/mol. The van der Waals surface area contributed by atoms with Crippen molar-refractivity contribution in [2.75, 3.05) is 20.2 Å². The van der Waals surface area contributed by atoms with Crippen LogP contribution >= 0.6 is 11.6 Å². The molecule has 0 bridgehead atoms. The molecule has 3 rings (SSSR count). The Balaban J connectivity index is 0.000000362. The second kappa shape index (κ2) is 11.4. The Kier molecular flexibility index (Phi) is 9.60. The normalized spacial score (nSPS) is 14.5. The molecule has 0 fully saturated rings. The smallest absolute Gasteiger partial charge is 0.135 e. The number of furan rings is 1. The zero-order chi connectivity index (χ0) is 20.7. The summed E-state index contributed by atoms with van der Waals surface area (Å²) in [6, 6.07) is 3.82. The molecule has 3 nitrogen and oxygen atoms in total. The van der Waals surface area contributed by atoms with Crippen LogP contribution in [0.15, 0.2) is 22.6 Å². The average Bonchev–Trinajstić information content (AvgIpc) is 2.85. The van der Waals surface area contributed by atoms with E-state index >= 15 is 0 Å². The molecule has 0 radical (unpaired) electrons. The maximum Gasteiger partial charge on any atom is 0.135 e. The summed E-state index contributed by atoms with van der Waals surface area (Å²) in [6.45, 7) is 11.1. The summed E-state index contributed by atoms with van der Waals surface area (Å²) in [4.78, 5) is 2.26. The van der Waals surface area contributed by atoms with Gasteiger partial charge in [0.05, 0.1) is 6.61 Å². The van der Waals surface area contributed by atoms with E-state index in [2.05, 4.69) is 39.6 Å². The topological polar surface area (TPSA) is 36.6 Å². The Morgan fingerprint density at radius 2 is 1.89 bits per heavy atom. The Labute approximate surface area is 182 Å². The molecule has 1 aromatic carbocycles. The first-order valence-electron chi connectivity index (χ1n) is 10.3. The Morgan fingerprint density at radius 3 is 2.50 bits per heavy atom. The minimum absolute atomic E-state index is 0. The van der Waals surface area contributed by atoms with Gasteiger partial charge in [-0.1, -0.05) is 17.7 Å². The van der Waals surface area contributed by atoms with E-state index in [1.165, 1.54) is 16.1 Å². The molecule has 1 aromatic heterocycles. The first-order chi connectivity index (χ1) is 13.3. The molecule has 0 aliphatic carbocycles. The maximum atomic E-state index is 8.93. The van der Waals surface area contributed by atoms with Crippen LogP contribution in [0.5, 0.6) is 0 Å². The number of rotatable bonds is 6. The molecule has 0 spiro atoms. The Hall–Kier alpha value is -0.758. The fourth-order valence-electron chi connectivity index (χ4n) is 3.43. The minimum Gasteiger partial charge on any atom is -1.00 e. The SMILES string of the molecule is CC(C)[CH2][Al+][CH2]C(C)C.CN1CCc2c(Cl)ccc3oc(/C=C/CO)c(c23)C1.[H-]. The maximum absolute atomic E-state index is 8.93. The van der Waals surface area contributed by atoms with Crippen LogP contribution < -0.4 is 0 Å². The van der Waals surface area contributed by atoms with E-state index < -0.39 is 0 Å². The number of benzene rings is 1. The summed E-state index contributed by atoms with van der Waals surface area (Å²) in [6.07, 6.45) is 4.47. The van der Waals surface area contributed by atoms with Gasteiger partial charge in [-0.3, -0.25) is 0 Å². The van der Waals surface area contributed by atoms with Crippen LogP contribution in [0.2, 0.25) is 15.6 Å². The third-order valence-corrected chi connectivity index (χ3v) is 7.77. The van der Waals surface area contributed by atoms with E-state index in [9.17, 15) is 0 Å². The third-order valence-electron chi connectivity index (χ3n) is 4.86. The second-order valence-corrected chi connectivity index (χ2v) is 10.4. The van der Waals surface area contributed by atoms with Crippen molar-refractivity contribution in [2.24, 2.45) is 11.8 Å². The third kappa shape index (κ3) is 6.65. The van der Waals surface area contributed by atoms with Crippen LogP contribution in [0.1, 0.15) is 46.0 Å². The van der Waals surface area contributed by atoms with Gasteiger partial charge in [0, 0.05) is 29.1 Å². The van der Waals surface area contributed by atoms with E-state index in [4.69, 9.17) is 21.1 Å². The van der Waals surface area contributed by atoms with E-state index in [-0.39, 0.29) is 8.03 Å². The number of aliphatic hydroxyl groups excluding tert-OH is 1. The van der Waals surface area contributed by atoms with Crippen molar-refractivity contribution in [3.05, 3.63) is 40.1 Å². The zero-order valence-corrected chi connectivity index (χ0v) is 19.9. The first-order valence-corrected chi connectivity index (χ1v) is 12.3. The molecule has 154 valence electrons. The van der Waals surface area contributed by atoms with Crippen molar-refractivity contribution in [3.63, 3.8) is 0 Å². The summed E-state index contributed by atoms with van der Waals surface area (Å²) in [5, 5.41) is 13.9. The molecule has 0 amide bonds. The van der Waals surface area contributed by atoms with Gasteiger partial charge in [0.25, 0.3) is 0 Å². The number of aliphatic hydroxyl groups is 1. The summed E-state index contributed by atoms with van der Waals surface area (Å²) in [5.74, 6) is 2.68. The van der Waals surface area contributed by atoms with E-state index in [0.29, 0.717) is 0 Å². The molecular formula is C23H35AlClNO2. The van der Waals surface area contributed by atoms with Crippen molar-refractivity contribution in [1.82, 2.24) is 4.90 Å². The summed E-state index contributed by atoms with van der Waals surface area (Å²) < 4.78 is 5.89. The number of hydrogen-bond donors (Lipinski definition) is 1. The van der Waals surface area contributed by atoms with E-state index in [0.717, 1.165) is 73.9 Å². The van der Waals surface area contributed by atoms with Crippen molar-refractivity contribution < 1.29 is 11.0 Å². The predicted molar refractivity (Wildman–Crippen MR) is 124 cm³/mol. The fourth-order valence-corrected chi connectivity index (χ4v) is 5.21. The fraction of sp³-hybridized carbons (Fsp3) is 0.565. The van der Waals surface area contributed by atoms with Crippen LogP contribution in [-0.4, -0.2) is 45.4 Å². The van der Waals surface area contributed by atoms with E-state index in [1.54, 1.807) is 6.08 Å². The van der Waals surface area contributed by atoms with Crippen LogP contribution in [0, 0.1) is 11.8 Å². The average molecular weight is 420 g/mol. The standard InChI is InChI=1S/C15H16ClNO2.2C4H9.Al.H/c1-17-7-6-10-12(16)4-5-14-15(10)11(9-17)13(19-14)3-2-8-18;2*1-4(2)3;;/h2-5,18H,6-9H2,1H3;2*4H,1H2,2-3H3;;/q;;;+1;-1/b3-2+;;;;. The molecule has 5 heteroatoms. The zero-order valence-electron chi connectivity index (χ0n) is 19.0. The van der Waals surface area contributed by atoms with Crippen LogP contribution in [0.25, 0.3) is 17.0 Å². The number of hydrogen-bond acceptors (Lipinski definition) is 3. The molecule has 2 heterocycles. The van der Waals surface area contributed by atoms with Crippen molar-refractivity contribution >= 4 is 43.9 Å². The van der Waals surface area contributed by atoms with Crippen molar-refractivity contribution in [1.29, 1.82) is 0 Å². The quantitative estimate of drug-likeness (QED) is 0.580. The summed E-state index contributed by atoms with van der Waals surface area (Å²) >= 11 is 7.08. The minimum atomic E-state index is 0. The Bertz CT molecular complexity index is 781. The first kappa shape index (κ1) is 23.5. The van der Waals surface area contributed by atoms with Gasteiger partial charge >= 0.3 is 65.3 Å². The van der Waals surface area contributed by atoms with Crippen LogP contribution in [0.4, 0.5) is 0 Å². The molecule has 1 aliphatic rings. The Morgan fingerprint density at radius 1 is 1.21 bits per heavy atom. The van der Waals surface area contributed by atoms with Gasteiger partial charge in [0.1, 0.15) is 11.3 Å². The van der Waals surface area contributed by atoms with Gasteiger partial charge in [-0.05, 0) is 37.2 Å². The largest absolute Gasteiger partial charge is 1.00 e. The van der Waals surface area contributed by atoms with Crippen molar-refractivity contribution in [3.8, 4) is 0 Å². The van der Waals surface area contributed by atoms with Crippen LogP contribution in [0.3, 0.4) is 0 Å². The van der Waals surface area contributed by atoms with Gasteiger partial charge in [-0.15, -0.1) is 0 Å². The number of likely N-dealkylation sites (N-methyl/N-ethyl adjacent to an activating group) is 1. The molecule has 0 unspecified atom stereocenters. The van der Waals surface area contributed by atoms with Crippen LogP contribution in [-0.2, 0) is 13.0 Å².